The molecule has 0 aromatic carbocycles. The van der Waals surface area contributed by atoms with Crippen LogP contribution in [0.25, 0.3) is 5.65 Å². The van der Waals surface area contributed by atoms with Gasteiger partial charge in [0.05, 0.1) is 31.1 Å². The average molecular weight is 357 g/mol. The first-order valence-corrected chi connectivity index (χ1v) is 8.16. The lowest BCUT2D eigenvalue weighted by Gasteiger charge is -2.30. The van der Waals surface area contributed by atoms with Crippen molar-refractivity contribution >= 4 is 17.4 Å². The summed E-state index contributed by atoms with van der Waals surface area (Å²) in [7, 11) is 0. The summed E-state index contributed by atoms with van der Waals surface area (Å²) in [4.78, 5) is 21.6. The Morgan fingerprint density at radius 1 is 1.31 bits per heavy atom. The molecule has 26 heavy (non-hydrogen) atoms. The Balaban J connectivity index is 1.80. The van der Waals surface area contributed by atoms with E-state index < -0.39 is 11.8 Å². The Morgan fingerprint density at radius 3 is 2.88 bits per heavy atom. The second-order valence-electron chi connectivity index (χ2n) is 6.19. The van der Waals surface area contributed by atoms with Crippen LogP contribution in [0.15, 0.2) is 36.9 Å². The van der Waals surface area contributed by atoms with E-state index in [1.54, 1.807) is 18.5 Å². The second-order valence-corrected chi connectivity index (χ2v) is 6.19. The first kappa shape index (κ1) is 16.4. The van der Waals surface area contributed by atoms with Crippen LogP contribution >= 0.6 is 0 Å². The lowest BCUT2D eigenvalue weighted by molar-refractivity contribution is 0.0698. The zero-order valence-electron chi connectivity index (χ0n) is 13.7. The molecule has 1 saturated heterocycles. The Kier molecular flexibility index (Phi) is 4.00. The van der Waals surface area contributed by atoms with Gasteiger partial charge in [0, 0.05) is 12.4 Å². The maximum atomic E-state index is 13.6. The van der Waals surface area contributed by atoms with Crippen molar-refractivity contribution in [1.82, 2.24) is 19.6 Å². The molecule has 0 amide bonds. The molecule has 0 saturated carbocycles. The zero-order chi connectivity index (χ0) is 18.3. The standard InChI is InChI=1S/C17H16FN5O3/c18-11-5-10(6-19-7-11)14-2-1-12(9-24)23(14)15-3-4-22-16(21-15)13(8-20-22)17(25)26/h3-8,12,14,24H,1-2,9H2,(H,25,26)/t12-,14+/m0/s1. The Morgan fingerprint density at radius 2 is 2.15 bits per heavy atom. The van der Waals surface area contributed by atoms with Gasteiger partial charge in [0.2, 0.25) is 0 Å². The van der Waals surface area contributed by atoms with Crippen LogP contribution in [0.4, 0.5) is 10.2 Å². The molecule has 2 atom stereocenters. The van der Waals surface area contributed by atoms with Crippen LogP contribution < -0.4 is 4.90 Å². The van der Waals surface area contributed by atoms with E-state index in [1.807, 2.05) is 4.90 Å². The zero-order valence-corrected chi connectivity index (χ0v) is 13.7. The van der Waals surface area contributed by atoms with Crippen LogP contribution in [-0.2, 0) is 0 Å². The monoisotopic (exact) mass is 357 g/mol. The molecule has 1 fully saturated rings. The van der Waals surface area contributed by atoms with E-state index in [0.717, 1.165) is 6.20 Å². The van der Waals surface area contributed by atoms with Gasteiger partial charge in [0.15, 0.2) is 5.65 Å². The largest absolute Gasteiger partial charge is 0.477 e. The lowest BCUT2D eigenvalue weighted by Crippen LogP contribution is -2.35. The Hall–Kier alpha value is -3.07. The highest BCUT2D eigenvalue weighted by Crippen LogP contribution is 2.39. The fourth-order valence-corrected chi connectivity index (χ4v) is 3.50. The van der Waals surface area contributed by atoms with Gasteiger partial charge in [-0.1, -0.05) is 0 Å². The number of aliphatic hydroxyl groups is 1. The van der Waals surface area contributed by atoms with Crippen LogP contribution in [-0.4, -0.2) is 48.4 Å². The van der Waals surface area contributed by atoms with Gasteiger partial charge in [0.1, 0.15) is 17.2 Å². The highest BCUT2D eigenvalue weighted by molar-refractivity contribution is 5.94. The topological polar surface area (TPSA) is 104 Å². The quantitative estimate of drug-likeness (QED) is 0.732. The van der Waals surface area contributed by atoms with Crippen LogP contribution in [0.3, 0.4) is 0 Å². The van der Waals surface area contributed by atoms with Gasteiger partial charge < -0.3 is 15.1 Å². The third-order valence-electron chi connectivity index (χ3n) is 4.67. The van der Waals surface area contributed by atoms with E-state index >= 15 is 0 Å². The predicted molar refractivity (Wildman–Crippen MR) is 89.5 cm³/mol. The number of aliphatic hydroxyl groups excluding tert-OH is 1. The van der Waals surface area contributed by atoms with E-state index in [4.69, 9.17) is 0 Å². The molecule has 4 heterocycles. The summed E-state index contributed by atoms with van der Waals surface area (Å²) in [6.45, 7) is -0.0862. The second kappa shape index (κ2) is 6.34. The summed E-state index contributed by atoms with van der Waals surface area (Å²) < 4.78 is 15.0. The SMILES string of the molecule is O=C(O)c1cnn2ccc(N3[C@H](CO)CC[C@@H]3c3cncc(F)c3)nc12. The molecule has 0 aliphatic carbocycles. The number of hydrogen-bond acceptors (Lipinski definition) is 6. The molecular formula is C17H16FN5O3. The number of anilines is 1. The van der Waals surface area contributed by atoms with Gasteiger partial charge >= 0.3 is 5.97 Å². The Labute approximate surface area is 147 Å². The molecule has 8 nitrogen and oxygen atoms in total. The van der Waals surface area contributed by atoms with Crippen molar-refractivity contribution in [3.05, 3.63) is 53.9 Å². The summed E-state index contributed by atoms with van der Waals surface area (Å²) in [5, 5.41) is 23.0. The number of aromatic carboxylic acids is 1. The van der Waals surface area contributed by atoms with E-state index in [1.165, 1.54) is 16.8 Å². The molecule has 1 aliphatic heterocycles. The summed E-state index contributed by atoms with van der Waals surface area (Å²) in [6, 6.07) is 2.72. The minimum atomic E-state index is -1.12. The summed E-state index contributed by atoms with van der Waals surface area (Å²) in [5.74, 6) is -1.04. The molecule has 2 N–H and O–H groups in total. The van der Waals surface area contributed by atoms with Crippen molar-refractivity contribution in [2.45, 2.75) is 24.9 Å². The van der Waals surface area contributed by atoms with Crippen molar-refractivity contribution in [2.75, 3.05) is 11.5 Å². The average Bonchev–Trinajstić information content (AvgIpc) is 3.25. The van der Waals surface area contributed by atoms with E-state index in [0.29, 0.717) is 24.2 Å². The summed E-state index contributed by atoms with van der Waals surface area (Å²) in [5.41, 5.74) is 0.903. The first-order chi connectivity index (χ1) is 12.6. The molecule has 9 heteroatoms. The van der Waals surface area contributed by atoms with Gasteiger partial charge in [-0.15, -0.1) is 0 Å². The molecule has 3 aromatic rings. The molecule has 0 bridgehead atoms. The fourth-order valence-electron chi connectivity index (χ4n) is 3.50. The number of fused-ring (bicyclic) bond motifs is 1. The number of carboxylic acid groups (broad SMARTS) is 1. The van der Waals surface area contributed by atoms with Crippen molar-refractivity contribution < 1.29 is 19.4 Å². The van der Waals surface area contributed by atoms with Crippen LogP contribution in [0, 0.1) is 5.82 Å². The van der Waals surface area contributed by atoms with Crippen LogP contribution in [0.2, 0.25) is 0 Å². The van der Waals surface area contributed by atoms with Crippen molar-refractivity contribution in [3.63, 3.8) is 0 Å². The third-order valence-corrected chi connectivity index (χ3v) is 4.67. The minimum absolute atomic E-state index is 0.00410. The first-order valence-electron chi connectivity index (χ1n) is 8.16. The minimum Gasteiger partial charge on any atom is -0.477 e. The van der Waals surface area contributed by atoms with E-state index in [2.05, 4.69) is 15.1 Å². The molecular weight excluding hydrogens is 341 g/mol. The third kappa shape index (κ3) is 2.66. The van der Waals surface area contributed by atoms with Gasteiger partial charge in [-0.05, 0) is 30.5 Å². The highest BCUT2D eigenvalue weighted by Gasteiger charge is 2.35. The van der Waals surface area contributed by atoms with E-state index in [9.17, 15) is 19.4 Å². The molecule has 0 radical (unpaired) electrons. The lowest BCUT2D eigenvalue weighted by atomic mass is 10.1. The molecule has 3 aromatic heterocycles. The molecule has 1 aliphatic rings. The summed E-state index contributed by atoms with van der Waals surface area (Å²) in [6.07, 6.45) is 7.01. The number of pyridine rings is 1. The van der Waals surface area contributed by atoms with Crippen LogP contribution in [0.5, 0.6) is 0 Å². The molecule has 134 valence electrons. The number of halogens is 1. The Bertz CT molecular complexity index is 976. The van der Waals surface area contributed by atoms with Gasteiger partial charge in [0.25, 0.3) is 0 Å². The maximum Gasteiger partial charge on any atom is 0.341 e. The number of carboxylic acids is 1. The smallest absolute Gasteiger partial charge is 0.341 e. The van der Waals surface area contributed by atoms with Crippen molar-refractivity contribution in [1.29, 1.82) is 0 Å². The molecule has 0 spiro atoms. The van der Waals surface area contributed by atoms with Gasteiger partial charge in [-0.3, -0.25) is 4.98 Å². The van der Waals surface area contributed by atoms with Crippen molar-refractivity contribution in [2.24, 2.45) is 0 Å². The predicted octanol–water partition coefficient (Wildman–Crippen LogP) is 1.66. The van der Waals surface area contributed by atoms with Gasteiger partial charge in [-0.2, -0.15) is 5.10 Å². The fraction of sp³-hybridized carbons (Fsp3) is 0.294. The molecule has 4 rings (SSSR count). The highest BCUT2D eigenvalue weighted by atomic mass is 19.1. The number of carbonyl (C=O) groups is 1. The number of hydrogen-bond donors (Lipinski definition) is 2. The summed E-state index contributed by atoms with van der Waals surface area (Å²) >= 11 is 0. The van der Waals surface area contributed by atoms with Gasteiger partial charge in [-0.25, -0.2) is 18.7 Å². The van der Waals surface area contributed by atoms with E-state index in [-0.39, 0.29) is 29.9 Å². The number of rotatable bonds is 4. The number of nitrogens with zero attached hydrogens (tertiary/aromatic N) is 5. The van der Waals surface area contributed by atoms with Crippen LogP contribution in [0.1, 0.15) is 34.8 Å². The maximum absolute atomic E-state index is 13.6. The van der Waals surface area contributed by atoms with Crippen molar-refractivity contribution in [3.8, 4) is 0 Å². The molecule has 0 unspecified atom stereocenters. The number of aromatic nitrogens is 4. The normalized spacial score (nSPS) is 20.0.